The molecule has 50 heavy (non-hydrogen) atoms. The maximum absolute atomic E-state index is 13.9. The van der Waals surface area contributed by atoms with Crippen LogP contribution in [0.2, 0.25) is 0 Å². The van der Waals surface area contributed by atoms with Gasteiger partial charge in [0.1, 0.15) is 42.4 Å². The van der Waals surface area contributed by atoms with Crippen LogP contribution in [-0.2, 0) is 22.6 Å². The van der Waals surface area contributed by atoms with Crippen LogP contribution in [0.1, 0.15) is 29.3 Å². The lowest BCUT2D eigenvalue weighted by Gasteiger charge is -2.41. The van der Waals surface area contributed by atoms with Crippen LogP contribution in [0.25, 0.3) is 11.0 Å². The van der Waals surface area contributed by atoms with Gasteiger partial charge < -0.3 is 30.0 Å². The van der Waals surface area contributed by atoms with E-state index >= 15 is 0 Å². The Kier molecular flexibility index (Phi) is 11.1. The molecule has 4 N–H and O–H groups in total. The molecule has 0 bridgehead atoms. The fourth-order valence-electron chi connectivity index (χ4n) is 6.78. The van der Waals surface area contributed by atoms with Crippen molar-refractivity contribution in [3.8, 4) is 5.75 Å². The molecule has 2 aliphatic heterocycles. The fraction of sp³-hybridized carbons (Fsp3) is 0.405. The summed E-state index contributed by atoms with van der Waals surface area (Å²) in [5.74, 6) is -0.655. The number of nitrogens with zero attached hydrogens (tertiary/aromatic N) is 2. The number of carbonyl (C=O) groups is 2. The van der Waals surface area contributed by atoms with Crippen LogP contribution in [0.4, 0.5) is 13.2 Å². The van der Waals surface area contributed by atoms with E-state index in [0.717, 1.165) is 10.9 Å². The number of para-hydroxylation sites is 2. The number of halogens is 3. The van der Waals surface area contributed by atoms with Gasteiger partial charge in [-0.25, -0.2) is 0 Å². The number of aliphatic hydroxyl groups excluding tert-OH is 2. The second kappa shape index (κ2) is 15.6. The Labute approximate surface area is 287 Å². The first-order chi connectivity index (χ1) is 24.0. The predicted molar refractivity (Wildman–Crippen MR) is 179 cm³/mol. The van der Waals surface area contributed by atoms with Gasteiger partial charge in [0.15, 0.2) is 0 Å². The Balaban J connectivity index is 1.16. The van der Waals surface area contributed by atoms with E-state index in [-0.39, 0.29) is 32.0 Å². The number of furan rings is 1. The molecule has 0 aliphatic carbocycles. The second-order valence-electron chi connectivity index (χ2n) is 13.0. The number of carbonyl (C=O) groups excluding carboxylic acids is 2. The zero-order chi connectivity index (χ0) is 35.3. The number of aliphatic hydroxyl groups is 2. The normalized spacial score (nSPS) is 21.2. The van der Waals surface area contributed by atoms with Gasteiger partial charge in [0, 0.05) is 43.0 Å². The Hall–Kier alpha value is -4.43. The summed E-state index contributed by atoms with van der Waals surface area (Å²) in [7, 11) is 0. The maximum atomic E-state index is 13.9. The van der Waals surface area contributed by atoms with Gasteiger partial charge in [-0.3, -0.25) is 19.4 Å². The van der Waals surface area contributed by atoms with E-state index in [1.165, 1.54) is 0 Å². The van der Waals surface area contributed by atoms with Gasteiger partial charge >= 0.3 is 6.18 Å². The number of hydrogen-bond donors (Lipinski definition) is 4. The van der Waals surface area contributed by atoms with Crippen molar-refractivity contribution in [1.29, 1.82) is 0 Å². The zero-order valence-electron chi connectivity index (χ0n) is 27.4. The Morgan fingerprint density at radius 2 is 1.72 bits per heavy atom. The summed E-state index contributed by atoms with van der Waals surface area (Å²) >= 11 is 0. The Bertz CT molecular complexity index is 1720. The summed E-state index contributed by atoms with van der Waals surface area (Å²) in [6.07, 6.45) is -6.35. The minimum atomic E-state index is -4.58. The molecule has 1 fully saturated rings. The van der Waals surface area contributed by atoms with E-state index < -0.39 is 48.8 Å². The molecule has 2 amide bonds. The van der Waals surface area contributed by atoms with Crippen molar-refractivity contribution < 1.29 is 42.1 Å². The van der Waals surface area contributed by atoms with Crippen LogP contribution >= 0.6 is 0 Å². The first-order valence-corrected chi connectivity index (χ1v) is 16.7. The van der Waals surface area contributed by atoms with Crippen molar-refractivity contribution in [3.05, 3.63) is 102 Å². The number of rotatable bonds is 12. The monoisotopic (exact) mass is 694 g/mol. The summed E-state index contributed by atoms with van der Waals surface area (Å²) < 4.78 is 50.8. The lowest BCUT2D eigenvalue weighted by molar-refractivity contribution is -0.143. The van der Waals surface area contributed by atoms with Crippen LogP contribution in [0.3, 0.4) is 0 Å². The van der Waals surface area contributed by atoms with Gasteiger partial charge in [-0.05, 0) is 36.6 Å². The molecule has 1 aromatic heterocycles. The summed E-state index contributed by atoms with van der Waals surface area (Å²) in [5, 5.41) is 28.1. The fourth-order valence-corrected chi connectivity index (χ4v) is 6.78. The average molecular weight is 695 g/mol. The van der Waals surface area contributed by atoms with E-state index in [4.69, 9.17) is 9.15 Å². The lowest BCUT2D eigenvalue weighted by atomic mass is 9.90. The number of hydrogen-bond acceptors (Lipinski definition) is 8. The van der Waals surface area contributed by atoms with Crippen LogP contribution < -0.4 is 15.4 Å². The third-order valence-electron chi connectivity index (χ3n) is 9.24. The molecule has 1 saturated heterocycles. The van der Waals surface area contributed by atoms with Crippen molar-refractivity contribution in [2.75, 3.05) is 39.3 Å². The Morgan fingerprint density at radius 1 is 0.980 bits per heavy atom. The molecule has 4 aromatic rings. The first-order valence-electron chi connectivity index (χ1n) is 16.7. The number of piperazine rings is 1. The highest BCUT2D eigenvalue weighted by molar-refractivity contribution is 5.82. The average Bonchev–Trinajstić information content (AvgIpc) is 3.51. The van der Waals surface area contributed by atoms with Crippen LogP contribution in [0.5, 0.6) is 5.75 Å². The van der Waals surface area contributed by atoms with Gasteiger partial charge in [0.05, 0.1) is 18.7 Å². The maximum Gasteiger partial charge on any atom is 0.405 e. The second-order valence-corrected chi connectivity index (χ2v) is 13.0. The number of fused-ring (bicyclic) bond motifs is 2. The zero-order valence-corrected chi connectivity index (χ0v) is 27.4. The molecule has 2 aliphatic rings. The molecule has 5 atom stereocenters. The van der Waals surface area contributed by atoms with Crippen molar-refractivity contribution in [1.82, 2.24) is 20.4 Å². The highest BCUT2D eigenvalue weighted by Crippen LogP contribution is 2.32. The molecule has 0 unspecified atom stereocenters. The quantitative estimate of drug-likeness (QED) is 0.177. The summed E-state index contributed by atoms with van der Waals surface area (Å²) in [6, 6.07) is 24.2. The van der Waals surface area contributed by atoms with E-state index in [1.54, 1.807) is 29.2 Å². The molecule has 6 rings (SSSR count). The minimum Gasteiger partial charge on any atom is -0.490 e. The summed E-state index contributed by atoms with van der Waals surface area (Å²) in [4.78, 5) is 30.7. The van der Waals surface area contributed by atoms with E-state index in [2.05, 4.69) is 5.32 Å². The molecular weight excluding hydrogens is 653 g/mol. The van der Waals surface area contributed by atoms with Crippen LogP contribution in [-0.4, -0.2) is 95.6 Å². The van der Waals surface area contributed by atoms with Gasteiger partial charge in [0.2, 0.25) is 11.8 Å². The lowest BCUT2D eigenvalue weighted by Crippen LogP contribution is -2.60. The highest BCUT2D eigenvalue weighted by atomic mass is 19.4. The molecule has 3 aromatic carbocycles. The van der Waals surface area contributed by atoms with Crippen molar-refractivity contribution in [3.63, 3.8) is 0 Å². The van der Waals surface area contributed by atoms with Gasteiger partial charge in [-0.1, -0.05) is 66.7 Å². The molecule has 0 saturated carbocycles. The number of β-amino-alcohol motifs (C(OH)–C–C–N with tert-alkyl or cyclic N) is 1. The number of amides is 2. The standard InChI is InChI=1S/C37H41F3N4O6/c38-37(39,40)23-41-36(48)30-21-43(20-28-18-25-10-4-6-12-32(25)50-28)14-15-44(30)19-27(45)17-26(16-24-8-2-1-3-9-24)35(47)42-34-29-11-5-7-13-33(29)49-22-31(34)46/h1-13,18,26-27,30-31,34,45-46H,14-17,19-23H2,(H,41,48)(H,42,47)/t26-,27+,30+,31-,34+/m1/s1. The molecule has 13 heteroatoms. The number of benzene rings is 3. The van der Waals surface area contributed by atoms with Gasteiger partial charge in [-0.2, -0.15) is 13.2 Å². The van der Waals surface area contributed by atoms with Crippen molar-refractivity contribution >= 4 is 22.8 Å². The van der Waals surface area contributed by atoms with Crippen LogP contribution in [0, 0.1) is 5.92 Å². The number of nitrogens with one attached hydrogen (secondary N) is 2. The molecule has 10 nitrogen and oxygen atoms in total. The minimum absolute atomic E-state index is 0.00799. The highest BCUT2D eigenvalue weighted by Gasteiger charge is 2.38. The molecule has 3 heterocycles. The SMILES string of the molecule is O=C(N[C@H]1c2ccccc2OC[C@H]1O)[C@H](Cc1ccccc1)C[C@H](O)CN1CCN(Cc2cc3ccccc3o2)C[C@H]1C(=O)NCC(F)(F)F. The van der Waals surface area contributed by atoms with Gasteiger partial charge in [0.25, 0.3) is 0 Å². The summed E-state index contributed by atoms with van der Waals surface area (Å²) in [6.45, 7) is -0.262. The Morgan fingerprint density at radius 3 is 2.50 bits per heavy atom. The van der Waals surface area contributed by atoms with E-state index in [0.29, 0.717) is 48.7 Å². The summed E-state index contributed by atoms with van der Waals surface area (Å²) in [5.41, 5.74) is 2.23. The number of ether oxygens (including phenoxy) is 1. The van der Waals surface area contributed by atoms with E-state index in [9.17, 15) is 33.0 Å². The first kappa shape index (κ1) is 35.4. The molecular formula is C37H41F3N4O6. The van der Waals surface area contributed by atoms with Crippen LogP contribution in [0.15, 0.2) is 89.3 Å². The van der Waals surface area contributed by atoms with Crippen molar-refractivity contribution in [2.45, 2.75) is 49.9 Å². The van der Waals surface area contributed by atoms with Gasteiger partial charge in [-0.15, -0.1) is 0 Å². The molecule has 266 valence electrons. The molecule has 0 spiro atoms. The van der Waals surface area contributed by atoms with E-state index in [1.807, 2.05) is 70.9 Å². The van der Waals surface area contributed by atoms with Crippen molar-refractivity contribution in [2.24, 2.45) is 5.92 Å². The smallest absolute Gasteiger partial charge is 0.405 e. The predicted octanol–water partition coefficient (Wildman–Crippen LogP) is 3.82. The molecule has 0 radical (unpaired) electrons. The topological polar surface area (TPSA) is 128 Å². The third kappa shape index (κ3) is 9.02. The largest absolute Gasteiger partial charge is 0.490 e. The third-order valence-corrected chi connectivity index (χ3v) is 9.24. The number of alkyl halides is 3.